The van der Waals surface area contributed by atoms with Gasteiger partial charge in [0.25, 0.3) is 11.8 Å². The third kappa shape index (κ3) is 8.33. The van der Waals surface area contributed by atoms with Gasteiger partial charge in [0, 0.05) is 69.4 Å². The van der Waals surface area contributed by atoms with Crippen LogP contribution in [0, 0.1) is 6.92 Å². The second-order valence-corrected chi connectivity index (χ2v) is 12.7. The fourth-order valence-electron chi connectivity index (χ4n) is 6.39. The van der Waals surface area contributed by atoms with E-state index in [0.717, 1.165) is 16.7 Å². The molecule has 0 atom stereocenters. The van der Waals surface area contributed by atoms with E-state index in [2.05, 4.69) is 10.2 Å². The standard InChI is InChI=1S/C40H41N5O6/c1-28-11-13-30(14-12-28)33-7-3-4-8-34(33)39(49)41-32-17-15-31(16-18-32)40(50)44-20-19-37(47)45(36-10-6-5-9-35(36)44)27-38(48)43-23-21-42(22-24-43)25-26-51-29(2)46/h3-18H,19-27H2,1-2H3,(H,41,49). The van der Waals surface area contributed by atoms with E-state index < -0.39 is 0 Å². The molecule has 1 N–H and O–H groups in total. The maximum atomic E-state index is 13.9. The summed E-state index contributed by atoms with van der Waals surface area (Å²) in [4.78, 5) is 72.1. The number of ether oxygens (including phenoxy) is 1. The smallest absolute Gasteiger partial charge is 0.302 e. The molecule has 262 valence electrons. The average molecular weight is 688 g/mol. The minimum atomic E-state index is -0.318. The van der Waals surface area contributed by atoms with Gasteiger partial charge in [-0.2, -0.15) is 0 Å². The van der Waals surface area contributed by atoms with E-state index in [1.54, 1.807) is 64.4 Å². The molecule has 0 saturated carbocycles. The molecule has 2 aliphatic heterocycles. The molecule has 0 aliphatic carbocycles. The monoisotopic (exact) mass is 687 g/mol. The van der Waals surface area contributed by atoms with Crippen LogP contribution in [0.3, 0.4) is 0 Å². The number of hydrogen-bond donors (Lipinski definition) is 1. The predicted molar refractivity (Wildman–Crippen MR) is 196 cm³/mol. The second kappa shape index (κ2) is 15.8. The number of aryl methyl sites for hydroxylation is 1. The number of piperazine rings is 1. The van der Waals surface area contributed by atoms with E-state index >= 15 is 0 Å². The van der Waals surface area contributed by atoms with Gasteiger partial charge in [0.1, 0.15) is 13.2 Å². The van der Waals surface area contributed by atoms with Crippen LogP contribution in [0.2, 0.25) is 0 Å². The summed E-state index contributed by atoms with van der Waals surface area (Å²) in [5, 5.41) is 2.95. The van der Waals surface area contributed by atoms with Crippen molar-refractivity contribution >= 4 is 46.7 Å². The lowest BCUT2D eigenvalue weighted by Gasteiger charge is -2.35. The van der Waals surface area contributed by atoms with Gasteiger partial charge in [0.2, 0.25) is 11.8 Å². The lowest BCUT2D eigenvalue weighted by Crippen LogP contribution is -2.52. The Morgan fingerprint density at radius 3 is 2.14 bits per heavy atom. The maximum Gasteiger partial charge on any atom is 0.302 e. The van der Waals surface area contributed by atoms with Gasteiger partial charge < -0.3 is 24.8 Å². The Labute approximate surface area is 297 Å². The topological polar surface area (TPSA) is 120 Å². The highest BCUT2D eigenvalue weighted by molar-refractivity contribution is 6.13. The number of carbonyl (C=O) groups is 5. The minimum Gasteiger partial charge on any atom is -0.465 e. The fourth-order valence-corrected chi connectivity index (χ4v) is 6.39. The molecule has 51 heavy (non-hydrogen) atoms. The Morgan fingerprint density at radius 1 is 0.765 bits per heavy atom. The van der Waals surface area contributed by atoms with E-state index in [0.29, 0.717) is 67.5 Å². The molecule has 0 unspecified atom stereocenters. The van der Waals surface area contributed by atoms with E-state index in [-0.39, 0.29) is 49.1 Å². The van der Waals surface area contributed by atoms with Crippen LogP contribution in [0.4, 0.5) is 17.1 Å². The van der Waals surface area contributed by atoms with Crippen molar-refractivity contribution in [3.05, 3.63) is 114 Å². The van der Waals surface area contributed by atoms with Gasteiger partial charge in [0.05, 0.1) is 11.4 Å². The van der Waals surface area contributed by atoms with Crippen molar-refractivity contribution in [3.8, 4) is 11.1 Å². The zero-order valence-electron chi connectivity index (χ0n) is 28.8. The van der Waals surface area contributed by atoms with Crippen LogP contribution in [-0.2, 0) is 19.1 Å². The van der Waals surface area contributed by atoms with Crippen molar-refractivity contribution in [1.29, 1.82) is 0 Å². The Hall–Kier alpha value is -5.81. The van der Waals surface area contributed by atoms with Crippen LogP contribution in [-0.4, -0.2) is 91.8 Å². The normalized spacial score (nSPS) is 14.8. The first-order valence-electron chi connectivity index (χ1n) is 17.1. The molecule has 4 amide bonds. The van der Waals surface area contributed by atoms with Crippen molar-refractivity contribution < 1.29 is 28.7 Å². The van der Waals surface area contributed by atoms with Crippen molar-refractivity contribution in [2.45, 2.75) is 20.3 Å². The second-order valence-electron chi connectivity index (χ2n) is 12.7. The molecular weight excluding hydrogens is 646 g/mol. The number of esters is 1. The number of nitrogens with zero attached hydrogens (tertiary/aromatic N) is 4. The van der Waals surface area contributed by atoms with E-state index in [1.165, 1.54) is 11.8 Å². The molecule has 11 heteroatoms. The zero-order chi connectivity index (χ0) is 35.9. The molecule has 0 radical (unpaired) electrons. The van der Waals surface area contributed by atoms with Gasteiger partial charge in [-0.25, -0.2) is 0 Å². The molecule has 0 aromatic heterocycles. The van der Waals surface area contributed by atoms with Crippen LogP contribution in [0.15, 0.2) is 97.1 Å². The summed E-state index contributed by atoms with van der Waals surface area (Å²) in [6.07, 6.45) is 0.0478. The fraction of sp³-hybridized carbons (Fsp3) is 0.275. The minimum absolute atomic E-state index is 0.0478. The molecule has 1 saturated heterocycles. The van der Waals surface area contributed by atoms with Gasteiger partial charge in [-0.3, -0.25) is 28.9 Å². The number of anilines is 3. The van der Waals surface area contributed by atoms with Crippen molar-refractivity contribution in [3.63, 3.8) is 0 Å². The van der Waals surface area contributed by atoms with Crippen LogP contribution < -0.4 is 15.1 Å². The Balaban J connectivity index is 1.12. The van der Waals surface area contributed by atoms with Crippen LogP contribution in [0.25, 0.3) is 11.1 Å². The molecular formula is C40H41N5O6. The predicted octanol–water partition coefficient (Wildman–Crippen LogP) is 5.01. The highest BCUT2D eigenvalue weighted by atomic mass is 16.5. The summed E-state index contributed by atoms with van der Waals surface area (Å²) < 4.78 is 5.03. The first-order valence-corrected chi connectivity index (χ1v) is 17.1. The van der Waals surface area contributed by atoms with Gasteiger partial charge in [-0.05, 0) is 60.5 Å². The maximum absolute atomic E-state index is 13.9. The highest BCUT2D eigenvalue weighted by Crippen LogP contribution is 2.34. The molecule has 0 spiro atoms. The number of rotatable bonds is 9. The van der Waals surface area contributed by atoms with Crippen LogP contribution in [0.1, 0.15) is 39.6 Å². The van der Waals surface area contributed by atoms with E-state index in [4.69, 9.17) is 4.74 Å². The van der Waals surface area contributed by atoms with Crippen molar-refractivity contribution in [2.24, 2.45) is 0 Å². The number of carbonyl (C=O) groups excluding carboxylic acids is 5. The van der Waals surface area contributed by atoms with Gasteiger partial charge >= 0.3 is 5.97 Å². The van der Waals surface area contributed by atoms with E-state index in [9.17, 15) is 24.0 Å². The number of benzene rings is 4. The summed E-state index contributed by atoms with van der Waals surface area (Å²) in [6, 6.07) is 29.3. The Morgan fingerprint density at radius 2 is 1.43 bits per heavy atom. The number of fused-ring (bicyclic) bond motifs is 1. The number of hydrogen-bond acceptors (Lipinski definition) is 7. The molecule has 2 aliphatic rings. The van der Waals surface area contributed by atoms with Gasteiger partial charge in [-0.15, -0.1) is 0 Å². The first kappa shape index (κ1) is 35.0. The third-order valence-corrected chi connectivity index (χ3v) is 9.21. The molecule has 4 aromatic carbocycles. The van der Waals surface area contributed by atoms with Gasteiger partial charge in [0.15, 0.2) is 0 Å². The Kier molecular flexibility index (Phi) is 10.9. The summed E-state index contributed by atoms with van der Waals surface area (Å²) in [6.45, 7) is 6.61. The van der Waals surface area contributed by atoms with Crippen molar-refractivity contribution in [1.82, 2.24) is 9.80 Å². The molecule has 0 bridgehead atoms. The Bertz CT molecular complexity index is 1920. The molecule has 6 rings (SSSR count). The highest BCUT2D eigenvalue weighted by Gasteiger charge is 2.32. The molecule has 2 heterocycles. The first-order chi connectivity index (χ1) is 24.7. The summed E-state index contributed by atoms with van der Waals surface area (Å²) in [5.74, 6) is -1.29. The lowest BCUT2D eigenvalue weighted by molar-refractivity contribution is -0.141. The molecule has 1 fully saturated rings. The third-order valence-electron chi connectivity index (χ3n) is 9.21. The van der Waals surface area contributed by atoms with E-state index in [1.807, 2.05) is 49.4 Å². The molecule has 4 aromatic rings. The van der Waals surface area contributed by atoms with Crippen LogP contribution >= 0.6 is 0 Å². The lowest BCUT2D eigenvalue weighted by atomic mass is 9.98. The molecule has 11 nitrogen and oxygen atoms in total. The SMILES string of the molecule is CC(=O)OCCN1CCN(C(=O)CN2C(=O)CCN(C(=O)c3ccc(NC(=O)c4ccccc4-c4ccc(C)cc4)cc3)c3ccccc32)CC1. The van der Waals surface area contributed by atoms with Gasteiger partial charge in [-0.1, -0.05) is 60.2 Å². The number of para-hydroxylation sites is 2. The largest absolute Gasteiger partial charge is 0.465 e. The zero-order valence-corrected chi connectivity index (χ0v) is 28.8. The average Bonchev–Trinajstić information content (AvgIpc) is 3.28. The summed E-state index contributed by atoms with van der Waals surface area (Å²) in [7, 11) is 0. The number of amides is 4. The summed E-state index contributed by atoms with van der Waals surface area (Å²) >= 11 is 0. The number of nitrogens with one attached hydrogen (secondary N) is 1. The quantitative estimate of drug-likeness (QED) is 0.246. The van der Waals surface area contributed by atoms with Crippen molar-refractivity contribution in [2.75, 3.05) is 67.5 Å². The van der Waals surface area contributed by atoms with Crippen LogP contribution in [0.5, 0.6) is 0 Å². The summed E-state index contributed by atoms with van der Waals surface area (Å²) in [5.41, 5.74) is 5.41.